The molecule has 1 amide bonds. The predicted molar refractivity (Wildman–Crippen MR) is 102 cm³/mol. The fraction of sp³-hybridized carbons (Fsp3) is 0.350. The molecule has 1 saturated carbocycles. The molecule has 2 N–H and O–H groups in total. The molecule has 28 heavy (non-hydrogen) atoms. The Morgan fingerprint density at radius 2 is 2.11 bits per heavy atom. The van der Waals surface area contributed by atoms with Crippen LogP contribution in [0.4, 0.5) is 13.2 Å². The van der Waals surface area contributed by atoms with Crippen LogP contribution in [0.3, 0.4) is 0 Å². The maximum absolute atomic E-state index is 12.6. The van der Waals surface area contributed by atoms with E-state index < -0.39 is 12.8 Å². The largest absolute Gasteiger partial charge is 0.475 e. The molecule has 4 rings (SSSR count). The highest BCUT2D eigenvalue weighted by Gasteiger charge is 2.45. The highest BCUT2D eigenvalue weighted by molar-refractivity contribution is 7.13. The minimum Gasteiger partial charge on any atom is -0.475 e. The molecule has 0 unspecified atom stereocenters. The van der Waals surface area contributed by atoms with E-state index in [0.717, 1.165) is 39.1 Å². The summed E-state index contributed by atoms with van der Waals surface area (Å²) >= 11 is 1.11. The van der Waals surface area contributed by atoms with E-state index in [1.54, 1.807) is 6.07 Å². The van der Waals surface area contributed by atoms with Crippen LogP contribution >= 0.6 is 11.3 Å². The number of fused-ring (bicyclic) bond motifs is 1. The standard InChI is InChI=1S/C20H19F3N2O2S/c1-11(17-6-7-18(28-17)27-10-20(21,22)23)25-19(26)14-8-13(14)15-9-24-16-5-3-2-4-12(15)16/h2-7,9,11,13-14,24H,8,10H2,1H3,(H,25,26)/t11-,13+,14+/m1/s1. The number of ether oxygens (including phenoxy) is 1. The Labute approximate surface area is 163 Å². The lowest BCUT2D eigenvalue weighted by Crippen LogP contribution is -2.27. The number of para-hydroxylation sites is 1. The number of aromatic amines is 1. The van der Waals surface area contributed by atoms with Gasteiger partial charge in [0.1, 0.15) is 0 Å². The number of alkyl halides is 3. The smallest absolute Gasteiger partial charge is 0.422 e. The molecule has 3 atom stereocenters. The Hall–Kier alpha value is -2.48. The maximum Gasteiger partial charge on any atom is 0.422 e. The molecule has 8 heteroatoms. The van der Waals surface area contributed by atoms with Gasteiger partial charge in [0, 0.05) is 27.9 Å². The number of carbonyl (C=O) groups excluding carboxylic acids is 1. The zero-order chi connectivity index (χ0) is 19.9. The van der Waals surface area contributed by atoms with E-state index in [4.69, 9.17) is 4.74 Å². The summed E-state index contributed by atoms with van der Waals surface area (Å²) in [6, 6.07) is 10.9. The molecule has 148 valence electrons. The molecule has 1 aromatic carbocycles. The summed E-state index contributed by atoms with van der Waals surface area (Å²) in [5.41, 5.74) is 2.21. The van der Waals surface area contributed by atoms with Crippen LogP contribution in [0.2, 0.25) is 0 Å². The number of thiophene rings is 1. The van der Waals surface area contributed by atoms with Crippen LogP contribution in [0.15, 0.2) is 42.6 Å². The summed E-state index contributed by atoms with van der Waals surface area (Å²) in [5, 5.41) is 4.30. The van der Waals surface area contributed by atoms with Crippen molar-refractivity contribution < 1.29 is 22.7 Å². The number of nitrogens with one attached hydrogen (secondary N) is 2. The molecular formula is C20H19F3N2O2S. The summed E-state index contributed by atoms with van der Waals surface area (Å²) in [7, 11) is 0. The molecule has 1 fully saturated rings. The number of halogens is 3. The number of hydrogen-bond donors (Lipinski definition) is 2. The number of aromatic nitrogens is 1. The van der Waals surface area contributed by atoms with E-state index in [2.05, 4.69) is 10.3 Å². The lowest BCUT2D eigenvalue weighted by atomic mass is 10.1. The average molecular weight is 408 g/mol. The van der Waals surface area contributed by atoms with Gasteiger partial charge in [0.2, 0.25) is 5.91 Å². The summed E-state index contributed by atoms with van der Waals surface area (Å²) in [4.78, 5) is 16.6. The number of hydrogen-bond acceptors (Lipinski definition) is 3. The summed E-state index contributed by atoms with van der Waals surface area (Å²) in [6.45, 7) is 0.502. The number of rotatable bonds is 6. The number of carbonyl (C=O) groups is 1. The van der Waals surface area contributed by atoms with Crippen LogP contribution in [0, 0.1) is 5.92 Å². The van der Waals surface area contributed by atoms with E-state index in [-0.39, 0.29) is 28.8 Å². The zero-order valence-corrected chi connectivity index (χ0v) is 15.9. The quantitative estimate of drug-likeness (QED) is 0.593. The van der Waals surface area contributed by atoms with Crippen molar-refractivity contribution in [2.24, 2.45) is 5.92 Å². The van der Waals surface area contributed by atoms with E-state index in [1.165, 1.54) is 6.07 Å². The van der Waals surface area contributed by atoms with Crippen LogP contribution in [0.25, 0.3) is 10.9 Å². The van der Waals surface area contributed by atoms with Gasteiger partial charge in [0.05, 0.1) is 6.04 Å². The monoisotopic (exact) mass is 408 g/mol. The van der Waals surface area contributed by atoms with Crippen LogP contribution in [0.5, 0.6) is 5.06 Å². The second-order valence-corrected chi connectivity index (χ2v) is 8.11. The van der Waals surface area contributed by atoms with Gasteiger partial charge in [0.15, 0.2) is 11.7 Å². The van der Waals surface area contributed by atoms with Crippen molar-refractivity contribution in [3.63, 3.8) is 0 Å². The Balaban J connectivity index is 1.35. The zero-order valence-electron chi connectivity index (χ0n) is 15.0. The van der Waals surface area contributed by atoms with Crippen LogP contribution in [-0.4, -0.2) is 23.7 Å². The Morgan fingerprint density at radius 3 is 2.89 bits per heavy atom. The molecular weight excluding hydrogens is 389 g/mol. The first-order chi connectivity index (χ1) is 13.3. The van der Waals surface area contributed by atoms with Gasteiger partial charge >= 0.3 is 6.18 Å². The maximum atomic E-state index is 12.6. The first-order valence-electron chi connectivity index (χ1n) is 8.97. The van der Waals surface area contributed by atoms with E-state index >= 15 is 0 Å². The van der Waals surface area contributed by atoms with Crippen LogP contribution in [0.1, 0.15) is 35.7 Å². The van der Waals surface area contributed by atoms with Crippen molar-refractivity contribution in [1.82, 2.24) is 10.3 Å². The van der Waals surface area contributed by atoms with Gasteiger partial charge < -0.3 is 15.0 Å². The molecule has 4 nitrogen and oxygen atoms in total. The lowest BCUT2D eigenvalue weighted by Gasteiger charge is -2.12. The van der Waals surface area contributed by atoms with Crippen molar-refractivity contribution in [2.75, 3.05) is 6.61 Å². The summed E-state index contributed by atoms with van der Waals surface area (Å²) < 4.78 is 41.5. The minimum absolute atomic E-state index is 0.0334. The van der Waals surface area contributed by atoms with Gasteiger partial charge in [-0.15, -0.1) is 11.3 Å². The van der Waals surface area contributed by atoms with Gasteiger partial charge in [-0.2, -0.15) is 13.2 Å². The van der Waals surface area contributed by atoms with Crippen molar-refractivity contribution >= 4 is 28.1 Å². The normalized spacial score (nSPS) is 20.1. The first kappa shape index (κ1) is 18.9. The van der Waals surface area contributed by atoms with E-state index in [9.17, 15) is 18.0 Å². The second-order valence-electron chi connectivity index (χ2n) is 7.03. The van der Waals surface area contributed by atoms with Crippen LogP contribution < -0.4 is 10.1 Å². The van der Waals surface area contributed by atoms with Crippen molar-refractivity contribution in [3.05, 3.63) is 53.0 Å². The molecule has 0 radical (unpaired) electrons. The molecule has 0 aliphatic heterocycles. The Morgan fingerprint density at radius 1 is 1.32 bits per heavy atom. The third kappa shape index (κ3) is 4.01. The number of amides is 1. The first-order valence-corrected chi connectivity index (χ1v) is 9.79. The minimum atomic E-state index is -4.37. The van der Waals surface area contributed by atoms with E-state index in [1.807, 2.05) is 37.4 Å². The highest BCUT2D eigenvalue weighted by atomic mass is 32.1. The van der Waals surface area contributed by atoms with Crippen molar-refractivity contribution in [2.45, 2.75) is 31.5 Å². The molecule has 2 aromatic heterocycles. The molecule has 0 saturated heterocycles. The predicted octanol–water partition coefficient (Wildman–Crippen LogP) is 5.15. The average Bonchev–Trinajstić information content (AvgIpc) is 3.11. The summed E-state index contributed by atoms with van der Waals surface area (Å²) in [6.07, 6.45) is -1.60. The SMILES string of the molecule is C[C@@H](NC(=O)[C@H]1C[C@@H]1c1c[nH]c2ccccc12)c1ccc(OCC(F)(F)F)s1. The Bertz CT molecular complexity index is 995. The molecule has 3 aromatic rings. The topological polar surface area (TPSA) is 54.1 Å². The second kappa shape index (κ2) is 7.16. The number of benzene rings is 1. The van der Waals surface area contributed by atoms with Gasteiger partial charge in [-0.25, -0.2) is 0 Å². The van der Waals surface area contributed by atoms with Crippen molar-refractivity contribution in [1.29, 1.82) is 0 Å². The van der Waals surface area contributed by atoms with E-state index in [0.29, 0.717) is 0 Å². The van der Waals surface area contributed by atoms with Gasteiger partial charge in [-0.05, 0) is 43.0 Å². The molecule has 1 aliphatic carbocycles. The van der Waals surface area contributed by atoms with Crippen molar-refractivity contribution in [3.8, 4) is 5.06 Å². The molecule has 0 bridgehead atoms. The third-order valence-electron chi connectivity index (χ3n) is 4.91. The van der Waals surface area contributed by atoms with Gasteiger partial charge in [0.25, 0.3) is 0 Å². The fourth-order valence-corrected chi connectivity index (χ4v) is 4.28. The fourth-order valence-electron chi connectivity index (χ4n) is 3.42. The third-order valence-corrected chi connectivity index (χ3v) is 6.09. The highest BCUT2D eigenvalue weighted by Crippen LogP contribution is 2.50. The van der Waals surface area contributed by atoms with Crippen LogP contribution in [-0.2, 0) is 4.79 Å². The van der Waals surface area contributed by atoms with Gasteiger partial charge in [-0.1, -0.05) is 18.2 Å². The summed E-state index contributed by atoms with van der Waals surface area (Å²) in [5.74, 6) is 0.0777. The molecule has 2 heterocycles. The van der Waals surface area contributed by atoms with Gasteiger partial charge in [-0.3, -0.25) is 4.79 Å². The number of H-pyrrole nitrogens is 1. The Kier molecular flexibility index (Phi) is 4.82. The lowest BCUT2D eigenvalue weighted by molar-refractivity contribution is -0.152. The molecule has 0 spiro atoms. The molecule has 1 aliphatic rings.